The summed E-state index contributed by atoms with van der Waals surface area (Å²) in [5.74, 6) is 0. The molecule has 138 valence electrons. The molecule has 0 aliphatic carbocycles. The third kappa shape index (κ3) is 7.32. The standard InChI is InChI=1S/C21H30O3S.Na/c1-2-3-4-5-6-7-8-9-10-13-18-16-17-21(25(22,23)24)20-15-12-11-14-19(18)20;/h11-12,14-17H,2-10,13H2,1H3,(H,22,23,24);/q;+1/p-1. The van der Waals surface area contributed by atoms with Crippen molar-refractivity contribution in [2.75, 3.05) is 0 Å². The van der Waals surface area contributed by atoms with E-state index in [4.69, 9.17) is 0 Å². The summed E-state index contributed by atoms with van der Waals surface area (Å²) in [6, 6.07) is 10.6. The second-order valence-electron chi connectivity index (χ2n) is 6.80. The number of hydrogen-bond acceptors (Lipinski definition) is 3. The summed E-state index contributed by atoms with van der Waals surface area (Å²) in [5.41, 5.74) is 1.13. The molecule has 0 atom stereocenters. The van der Waals surface area contributed by atoms with Crippen LogP contribution in [0.3, 0.4) is 0 Å². The quantitative estimate of drug-likeness (QED) is 0.340. The van der Waals surface area contributed by atoms with Gasteiger partial charge in [-0.05, 0) is 35.2 Å². The Morgan fingerprint density at radius 3 is 1.88 bits per heavy atom. The minimum absolute atomic E-state index is 0. The molecule has 0 fully saturated rings. The Hall–Kier alpha value is -0.390. The van der Waals surface area contributed by atoms with E-state index < -0.39 is 10.1 Å². The van der Waals surface area contributed by atoms with Crippen LogP contribution in [0.25, 0.3) is 10.8 Å². The van der Waals surface area contributed by atoms with Gasteiger partial charge in [0.15, 0.2) is 0 Å². The number of fused-ring (bicyclic) bond motifs is 1. The van der Waals surface area contributed by atoms with Crippen LogP contribution in [0.1, 0.15) is 70.3 Å². The van der Waals surface area contributed by atoms with E-state index in [0.717, 1.165) is 23.8 Å². The number of hydrogen-bond donors (Lipinski definition) is 0. The van der Waals surface area contributed by atoms with Crippen molar-refractivity contribution in [3.05, 3.63) is 42.0 Å². The van der Waals surface area contributed by atoms with Crippen molar-refractivity contribution in [2.24, 2.45) is 0 Å². The van der Waals surface area contributed by atoms with Crippen molar-refractivity contribution in [2.45, 2.75) is 76.0 Å². The van der Waals surface area contributed by atoms with Crippen LogP contribution in [0, 0.1) is 0 Å². The van der Waals surface area contributed by atoms with Gasteiger partial charge in [-0.2, -0.15) is 0 Å². The number of aryl methyl sites for hydroxylation is 1. The molecule has 0 saturated heterocycles. The second-order valence-corrected chi connectivity index (χ2v) is 8.15. The molecule has 0 aliphatic rings. The topological polar surface area (TPSA) is 57.2 Å². The molecule has 0 bridgehead atoms. The Labute approximate surface area is 180 Å². The van der Waals surface area contributed by atoms with Crippen LogP contribution in [0.15, 0.2) is 41.3 Å². The minimum Gasteiger partial charge on any atom is -0.744 e. The molecule has 5 heteroatoms. The van der Waals surface area contributed by atoms with E-state index in [-0.39, 0.29) is 34.5 Å². The van der Waals surface area contributed by atoms with Crippen molar-refractivity contribution in [1.82, 2.24) is 0 Å². The van der Waals surface area contributed by atoms with Crippen molar-refractivity contribution in [3.8, 4) is 0 Å². The van der Waals surface area contributed by atoms with E-state index >= 15 is 0 Å². The summed E-state index contributed by atoms with van der Waals surface area (Å²) in [4.78, 5) is -0.112. The summed E-state index contributed by atoms with van der Waals surface area (Å²) >= 11 is 0. The molecule has 3 nitrogen and oxygen atoms in total. The molecule has 0 heterocycles. The van der Waals surface area contributed by atoms with Crippen LogP contribution in [-0.4, -0.2) is 13.0 Å². The summed E-state index contributed by atoms with van der Waals surface area (Å²) in [6.45, 7) is 2.24. The van der Waals surface area contributed by atoms with Crippen LogP contribution in [0.4, 0.5) is 0 Å². The van der Waals surface area contributed by atoms with Gasteiger partial charge in [0.25, 0.3) is 0 Å². The van der Waals surface area contributed by atoms with Gasteiger partial charge < -0.3 is 4.55 Å². The Morgan fingerprint density at radius 2 is 1.31 bits per heavy atom. The molecule has 26 heavy (non-hydrogen) atoms. The first-order valence-electron chi connectivity index (χ1n) is 9.50. The minimum atomic E-state index is -4.44. The predicted molar refractivity (Wildman–Crippen MR) is 103 cm³/mol. The average molecular weight is 385 g/mol. The van der Waals surface area contributed by atoms with Gasteiger partial charge in [0.1, 0.15) is 10.1 Å². The number of rotatable bonds is 11. The first-order chi connectivity index (χ1) is 12.0. The van der Waals surface area contributed by atoms with E-state index in [9.17, 15) is 13.0 Å². The predicted octanol–water partition coefficient (Wildman–Crippen LogP) is 2.82. The smallest absolute Gasteiger partial charge is 0.744 e. The second kappa shape index (κ2) is 12.1. The third-order valence-electron chi connectivity index (χ3n) is 4.79. The molecular formula is C21H29NaO3S. The molecule has 0 unspecified atom stereocenters. The molecule has 2 aromatic rings. The average Bonchev–Trinajstić information content (AvgIpc) is 2.59. The van der Waals surface area contributed by atoms with E-state index in [1.807, 2.05) is 12.1 Å². The van der Waals surface area contributed by atoms with Gasteiger partial charge in [-0.1, -0.05) is 88.6 Å². The van der Waals surface area contributed by atoms with Crippen LogP contribution in [-0.2, 0) is 16.5 Å². The van der Waals surface area contributed by atoms with Crippen LogP contribution >= 0.6 is 0 Å². The zero-order valence-electron chi connectivity index (χ0n) is 16.2. The molecule has 0 amide bonds. The molecule has 0 radical (unpaired) electrons. The van der Waals surface area contributed by atoms with Crippen molar-refractivity contribution >= 4 is 20.9 Å². The molecule has 0 saturated carbocycles. The zero-order valence-corrected chi connectivity index (χ0v) is 19.0. The fourth-order valence-electron chi connectivity index (χ4n) is 3.40. The van der Waals surface area contributed by atoms with Gasteiger partial charge in [-0.25, -0.2) is 8.42 Å². The van der Waals surface area contributed by atoms with Crippen molar-refractivity contribution in [1.29, 1.82) is 0 Å². The van der Waals surface area contributed by atoms with E-state index in [0.29, 0.717) is 5.39 Å². The van der Waals surface area contributed by atoms with Crippen LogP contribution < -0.4 is 29.6 Å². The van der Waals surface area contributed by atoms with E-state index in [2.05, 4.69) is 6.92 Å². The van der Waals surface area contributed by atoms with E-state index in [1.54, 1.807) is 18.2 Å². The normalized spacial score (nSPS) is 11.5. The van der Waals surface area contributed by atoms with Gasteiger partial charge in [-0.3, -0.25) is 0 Å². The number of unbranched alkanes of at least 4 members (excludes halogenated alkanes) is 8. The Kier molecular flexibility index (Phi) is 11.0. The monoisotopic (exact) mass is 384 g/mol. The molecule has 0 spiro atoms. The third-order valence-corrected chi connectivity index (χ3v) is 5.69. The molecule has 2 rings (SSSR count). The fourth-order valence-corrected chi connectivity index (χ4v) is 4.08. The Morgan fingerprint density at radius 1 is 0.769 bits per heavy atom. The first-order valence-corrected chi connectivity index (χ1v) is 10.9. The fraction of sp³-hybridized carbons (Fsp3) is 0.524. The Bertz CT molecular complexity index is 772. The van der Waals surface area contributed by atoms with Crippen molar-refractivity contribution in [3.63, 3.8) is 0 Å². The van der Waals surface area contributed by atoms with Crippen LogP contribution in [0.5, 0.6) is 0 Å². The van der Waals surface area contributed by atoms with Gasteiger partial charge in [0.05, 0.1) is 4.90 Å². The zero-order chi connectivity index (χ0) is 18.1. The molecule has 0 aliphatic heterocycles. The maximum absolute atomic E-state index is 11.4. The van der Waals surface area contributed by atoms with E-state index in [1.165, 1.54) is 57.4 Å². The summed E-state index contributed by atoms with van der Waals surface area (Å²) in [6.07, 6.45) is 12.5. The SMILES string of the molecule is CCCCCCCCCCCc1ccc(S(=O)(=O)[O-])c2ccccc12.[Na+]. The molecule has 0 aromatic heterocycles. The number of benzene rings is 2. The summed E-state index contributed by atoms with van der Waals surface area (Å²) < 4.78 is 34.3. The van der Waals surface area contributed by atoms with Gasteiger partial charge in [0.2, 0.25) is 0 Å². The van der Waals surface area contributed by atoms with Gasteiger partial charge in [-0.15, -0.1) is 0 Å². The maximum Gasteiger partial charge on any atom is 1.00 e. The van der Waals surface area contributed by atoms with Gasteiger partial charge in [0, 0.05) is 0 Å². The maximum atomic E-state index is 11.4. The van der Waals surface area contributed by atoms with Crippen molar-refractivity contribution < 1.29 is 42.5 Å². The summed E-state index contributed by atoms with van der Waals surface area (Å²) in [5, 5.41) is 1.44. The van der Waals surface area contributed by atoms with Crippen LogP contribution in [0.2, 0.25) is 0 Å². The molecular weight excluding hydrogens is 355 g/mol. The first kappa shape index (κ1) is 23.6. The molecule has 0 N–H and O–H groups in total. The largest absolute Gasteiger partial charge is 1.00 e. The Balaban J connectivity index is 0.00000338. The summed E-state index contributed by atoms with van der Waals surface area (Å²) in [7, 11) is -4.44. The van der Waals surface area contributed by atoms with Gasteiger partial charge >= 0.3 is 29.6 Å². The molecule has 2 aromatic carbocycles.